The predicted octanol–water partition coefficient (Wildman–Crippen LogP) is 2.27. The molecule has 0 saturated heterocycles. The number of hydrogen-bond donors (Lipinski definition) is 0. The minimum absolute atomic E-state index is 0. The van der Waals surface area contributed by atoms with Crippen LogP contribution in [0.1, 0.15) is 112 Å². The molecule has 1 radical (unpaired) electrons. The molecule has 2 aliphatic carbocycles. The second-order valence-corrected chi connectivity index (χ2v) is 13.7. The Hall–Kier alpha value is 0.951. The molecule has 173 valence electrons. The third-order valence-corrected chi connectivity index (χ3v) is 12.0. The van der Waals surface area contributed by atoms with Gasteiger partial charge in [0.1, 0.15) is 0 Å². The second-order valence-electron chi connectivity index (χ2n) is 9.64. The molecule has 0 aliphatic heterocycles. The maximum absolute atomic E-state index is 5.88. The Kier molecular flexibility index (Phi) is 17.4. The summed E-state index contributed by atoms with van der Waals surface area (Å²) < 4.78 is 0. The number of rotatable bonds is 5. The summed E-state index contributed by atoms with van der Waals surface area (Å²) in [6, 6.07) is 2.81. The molecule has 0 heterocycles. The van der Waals surface area contributed by atoms with Gasteiger partial charge < -0.3 is 30.1 Å². The monoisotopic (exact) mass is 506 g/mol. The zero-order valence-electron chi connectivity index (χ0n) is 20.6. The van der Waals surface area contributed by atoms with Crippen molar-refractivity contribution in [2.24, 2.45) is 0 Å². The van der Waals surface area contributed by atoms with Crippen molar-refractivity contribution in [3.8, 4) is 0 Å². The molecule has 1 nitrogen and oxygen atoms in total. The summed E-state index contributed by atoms with van der Waals surface area (Å²) in [7, 11) is -0.905. The first kappa shape index (κ1) is 33.1. The molecule has 0 aromatic rings. The van der Waals surface area contributed by atoms with E-state index in [1.54, 1.807) is 0 Å². The fourth-order valence-electron chi connectivity index (χ4n) is 5.78. The van der Waals surface area contributed by atoms with E-state index < -0.39 is 8.80 Å². The van der Waals surface area contributed by atoms with Crippen molar-refractivity contribution in [3.63, 3.8) is 0 Å². The maximum atomic E-state index is 5.88. The van der Waals surface area contributed by atoms with Gasteiger partial charge in [-0.3, -0.25) is 0 Å². The van der Waals surface area contributed by atoms with Gasteiger partial charge in [-0.25, -0.2) is 0 Å². The number of halogens is 2. The topological polar surface area (TPSA) is 14.1 Å². The van der Waals surface area contributed by atoms with Crippen molar-refractivity contribution in [3.05, 3.63) is 28.1 Å². The Morgan fingerprint density at radius 2 is 1.20 bits per heavy atom. The smallest absolute Gasteiger partial charge is 1.00 e. The first-order chi connectivity index (χ1) is 12.9. The Morgan fingerprint density at radius 1 is 0.800 bits per heavy atom. The van der Waals surface area contributed by atoms with E-state index in [0.717, 1.165) is 0 Å². The molecule has 30 heavy (non-hydrogen) atoms. The van der Waals surface area contributed by atoms with Gasteiger partial charge in [-0.15, -0.1) is 5.16 Å². The minimum atomic E-state index is -0.905. The molecule has 1 saturated carbocycles. The molecule has 1 atom stereocenters. The average molecular weight is 508 g/mol. The zero-order valence-corrected chi connectivity index (χ0v) is 24.8. The molecule has 0 amide bonds. The summed E-state index contributed by atoms with van der Waals surface area (Å²) in [6.45, 7) is 14.2. The van der Waals surface area contributed by atoms with Crippen LogP contribution in [0.2, 0.25) is 12.1 Å². The van der Waals surface area contributed by atoms with Gasteiger partial charge in [0.15, 0.2) is 0 Å². The van der Waals surface area contributed by atoms with Crippen molar-refractivity contribution in [2.75, 3.05) is 0 Å². The van der Waals surface area contributed by atoms with Crippen molar-refractivity contribution in [1.29, 1.82) is 0 Å². The Morgan fingerprint density at radius 3 is 1.53 bits per heavy atom. The van der Waals surface area contributed by atoms with E-state index in [1.165, 1.54) is 99.4 Å². The third-order valence-electron chi connectivity index (χ3n) is 7.83. The molecule has 0 aromatic carbocycles. The summed E-state index contributed by atoms with van der Waals surface area (Å²) >= 11 is 0. The predicted molar refractivity (Wildman–Crippen MR) is 126 cm³/mol. The van der Waals surface area contributed by atoms with E-state index in [0.29, 0.717) is 5.16 Å². The van der Waals surface area contributed by atoms with Crippen LogP contribution in [-0.2, 0) is 21.7 Å². The van der Waals surface area contributed by atoms with Crippen molar-refractivity contribution in [2.45, 2.75) is 135 Å². The fraction of sp³-hybridized carbons (Fsp3) is 0.840. The summed E-state index contributed by atoms with van der Waals surface area (Å²) in [5.41, 5.74) is 4.38. The molecule has 1 fully saturated rings. The van der Waals surface area contributed by atoms with E-state index >= 15 is 0 Å². The van der Waals surface area contributed by atoms with Crippen LogP contribution < -0.4 is 24.8 Å². The van der Waals surface area contributed by atoms with Crippen molar-refractivity contribution >= 4 is 8.80 Å². The van der Waals surface area contributed by atoms with Gasteiger partial charge in [0.2, 0.25) is 0 Å². The average Bonchev–Trinajstić information content (AvgIpc) is 2.81. The molecule has 0 spiro atoms. The van der Waals surface area contributed by atoms with E-state index in [4.69, 9.17) is 5.32 Å². The van der Waals surface area contributed by atoms with Crippen LogP contribution in [0.15, 0.2) is 22.8 Å². The molecule has 0 N–H and O–H groups in total. The Balaban J connectivity index is 0. The van der Waals surface area contributed by atoms with Crippen LogP contribution in [0.5, 0.6) is 0 Å². The molecule has 1 unspecified atom stereocenters. The quantitative estimate of drug-likeness (QED) is 0.508. The molecular weight excluding hydrogens is 461 g/mol. The van der Waals surface area contributed by atoms with Gasteiger partial charge in [-0.2, -0.15) is 0 Å². The molecular formula is C25H46Cl2NSiTi. The SMILES string of the molecule is CC[SiH](CC)C1([N-]C2(C)C=C(C)C(C)=C2C)CCCCCCCCCCC1.[Cl-].[Cl-].[Ti+3]. The summed E-state index contributed by atoms with van der Waals surface area (Å²) in [6.07, 6.45) is 18.1. The van der Waals surface area contributed by atoms with Gasteiger partial charge in [0, 0.05) is 8.80 Å². The first-order valence-corrected chi connectivity index (χ1v) is 14.2. The number of allylic oxidation sites excluding steroid dienone is 2. The largest absolute Gasteiger partial charge is 3.00 e. The maximum Gasteiger partial charge on any atom is 3.00 e. The minimum Gasteiger partial charge on any atom is -1.00 e. The van der Waals surface area contributed by atoms with Crippen molar-refractivity contribution < 1.29 is 46.5 Å². The van der Waals surface area contributed by atoms with Gasteiger partial charge in [0.05, 0.1) is 0 Å². The van der Waals surface area contributed by atoms with Crippen LogP contribution >= 0.6 is 0 Å². The molecule has 2 rings (SSSR count). The first-order valence-electron chi connectivity index (χ1n) is 12.0. The van der Waals surface area contributed by atoms with E-state index in [1.807, 2.05) is 0 Å². The Bertz CT molecular complexity index is 533. The van der Waals surface area contributed by atoms with Gasteiger partial charge >= 0.3 is 21.7 Å². The molecule has 2 aliphatic rings. The number of nitrogens with zero attached hydrogens (tertiary/aromatic N) is 1. The second kappa shape index (κ2) is 15.7. The molecule has 5 heteroatoms. The normalized spacial score (nSPS) is 25.2. The van der Waals surface area contributed by atoms with Crippen LogP contribution in [0, 0.1) is 0 Å². The summed E-state index contributed by atoms with van der Waals surface area (Å²) in [5, 5.41) is 6.18. The summed E-state index contributed by atoms with van der Waals surface area (Å²) in [5.74, 6) is 0. The van der Waals surface area contributed by atoms with Gasteiger partial charge in [0.25, 0.3) is 0 Å². The standard InChI is InChI=1S/C25H46NSi.2ClH.Ti/c1-7-27(8-2)25(26-24(6)20-21(3)22(4)23(24)5)18-16-14-12-10-9-11-13-15-17-19-25;;;/h20,27H,7-19H2,1-6H3;2*1H;/q-1;;;+3/p-2. The van der Waals surface area contributed by atoms with Crippen LogP contribution in [-0.4, -0.2) is 19.5 Å². The van der Waals surface area contributed by atoms with Crippen molar-refractivity contribution in [1.82, 2.24) is 0 Å². The Labute approximate surface area is 217 Å². The van der Waals surface area contributed by atoms with Crippen LogP contribution in [0.25, 0.3) is 5.32 Å². The number of hydrogen-bond acceptors (Lipinski definition) is 0. The van der Waals surface area contributed by atoms with E-state index in [-0.39, 0.29) is 52.1 Å². The summed E-state index contributed by atoms with van der Waals surface area (Å²) in [4.78, 5) is 0. The zero-order chi connectivity index (χ0) is 19.9. The van der Waals surface area contributed by atoms with Gasteiger partial charge in [-0.1, -0.05) is 132 Å². The third kappa shape index (κ3) is 8.38. The molecule has 0 aromatic heterocycles. The van der Waals surface area contributed by atoms with E-state index in [9.17, 15) is 0 Å². The van der Waals surface area contributed by atoms with Gasteiger partial charge in [-0.05, 0) is 20.8 Å². The molecule has 0 bridgehead atoms. The van der Waals surface area contributed by atoms with Crippen LogP contribution in [0.3, 0.4) is 0 Å². The van der Waals surface area contributed by atoms with E-state index in [2.05, 4.69) is 47.6 Å². The fourth-order valence-corrected chi connectivity index (χ4v) is 9.55. The van der Waals surface area contributed by atoms with Crippen LogP contribution in [0.4, 0.5) is 0 Å².